The number of carbonyl (C=O) groups is 3. The monoisotopic (exact) mass is 447 g/mol. The number of nitrogens with one attached hydrogen (secondary N) is 1. The number of primary amides is 1. The van der Waals surface area contributed by atoms with Crippen molar-refractivity contribution >= 4 is 34.3 Å². The summed E-state index contributed by atoms with van der Waals surface area (Å²) in [7, 11) is 0. The molecule has 0 radical (unpaired) electrons. The SMILES string of the molecule is NC(=O)c1ccc2[nH]cc(C3=CCN(Cc4ccccc4)CC3)c2c1.O=C(O)C=CC(=O)O. The zero-order valence-electron chi connectivity index (χ0n) is 17.9. The third-order valence-electron chi connectivity index (χ3n) is 5.22. The van der Waals surface area contributed by atoms with Gasteiger partial charge in [-0.15, -0.1) is 0 Å². The predicted molar refractivity (Wildman–Crippen MR) is 126 cm³/mol. The van der Waals surface area contributed by atoms with Crippen LogP contribution in [-0.2, 0) is 16.1 Å². The maximum Gasteiger partial charge on any atom is 0.328 e. The molecule has 0 unspecified atom stereocenters. The van der Waals surface area contributed by atoms with Gasteiger partial charge in [0.1, 0.15) is 0 Å². The van der Waals surface area contributed by atoms with Gasteiger partial charge in [0.05, 0.1) is 0 Å². The number of aliphatic carboxylic acids is 2. The van der Waals surface area contributed by atoms with Gasteiger partial charge >= 0.3 is 11.9 Å². The van der Waals surface area contributed by atoms with Gasteiger partial charge < -0.3 is 20.9 Å². The van der Waals surface area contributed by atoms with Crippen LogP contribution in [0, 0.1) is 0 Å². The molecule has 2 heterocycles. The summed E-state index contributed by atoms with van der Waals surface area (Å²) in [6.45, 7) is 2.94. The topological polar surface area (TPSA) is 137 Å². The second-order valence-corrected chi connectivity index (χ2v) is 7.54. The third-order valence-corrected chi connectivity index (χ3v) is 5.22. The average Bonchev–Trinajstić information content (AvgIpc) is 3.23. The maximum absolute atomic E-state index is 11.5. The number of rotatable bonds is 6. The Bertz CT molecular complexity index is 1200. The van der Waals surface area contributed by atoms with Gasteiger partial charge in [-0.2, -0.15) is 0 Å². The van der Waals surface area contributed by atoms with E-state index in [0.29, 0.717) is 17.7 Å². The fraction of sp³-hybridized carbons (Fsp3) is 0.160. The Morgan fingerprint density at radius 3 is 2.30 bits per heavy atom. The summed E-state index contributed by atoms with van der Waals surface area (Å²) in [5.74, 6) is -2.90. The van der Waals surface area contributed by atoms with Crippen molar-refractivity contribution in [1.82, 2.24) is 9.88 Å². The molecule has 33 heavy (non-hydrogen) atoms. The van der Waals surface area contributed by atoms with E-state index in [0.717, 1.165) is 37.0 Å². The third kappa shape index (κ3) is 6.65. The Labute approximate surface area is 190 Å². The average molecular weight is 447 g/mol. The van der Waals surface area contributed by atoms with Gasteiger partial charge in [-0.25, -0.2) is 9.59 Å². The Morgan fingerprint density at radius 1 is 1.03 bits per heavy atom. The molecule has 0 fully saturated rings. The summed E-state index contributed by atoms with van der Waals surface area (Å²) in [5.41, 5.74) is 10.9. The number of aromatic nitrogens is 1. The van der Waals surface area contributed by atoms with Gasteiger partial charge in [0, 0.05) is 60.0 Å². The number of fused-ring (bicyclic) bond motifs is 1. The van der Waals surface area contributed by atoms with Crippen molar-refractivity contribution in [2.75, 3.05) is 13.1 Å². The van der Waals surface area contributed by atoms with E-state index in [4.69, 9.17) is 15.9 Å². The Kier molecular flexibility index (Phi) is 7.77. The van der Waals surface area contributed by atoms with Crippen LogP contribution in [0.25, 0.3) is 16.5 Å². The lowest BCUT2D eigenvalue weighted by molar-refractivity contribution is -0.134. The molecule has 0 bridgehead atoms. The van der Waals surface area contributed by atoms with Crippen LogP contribution in [-0.4, -0.2) is 51.0 Å². The lowest BCUT2D eigenvalue weighted by atomic mass is 9.97. The van der Waals surface area contributed by atoms with E-state index < -0.39 is 11.9 Å². The smallest absolute Gasteiger partial charge is 0.328 e. The van der Waals surface area contributed by atoms with E-state index in [2.05, 4.69) is 46.3 Å². The van der Waals surface area contributed by atoms with Crippen LogP contribution in [0.3, 0.4) is 0 Å². The highest BCUT2D eigenvalue weighted by atomic mass is 16.4. The van der Waals surface area contributed by atoms with Gasteiger partial charge in [-0.1, -0.05) is 36.4 Å². The Morgan fingerprint density at radius 2 is 1.73 bits per heavy atom. The maximum atomic E-state index is 11.5. The van der Waals surface area contributed by atoms with Gasteiger partial charge in [0.15, 0.2) is 0 Å². The molecule has 1 aliphatic rings. The molecule has 0 atom stereocenters. The number of aromatic amines is 1. The van der Waals surface area contributed by atoms with Crippen LogP contribution in [0.5, 0.6) is 0 Å². The van der Waals surface area contributed by atoms with Crippen molar-refractivity contribution in [3.05, 3.63) is 89.6 Å². The molecule has 1 aliphatic heterocycles. The minimum Gasteiger partial charge on any atom is -0.478 e. The van der Waals surface area contributed by atoms with Gasteiger partial charge in [-0.05, 0) is 35.8 Å². The van der Waals surface area contributed by atoms with E-state index in [1.54, 1.807) is 6.07 Å². The summed E-state index contributed by atoms with van der Waals surface area (Å²) in [6.07, 6.45) is 6.45. The molecule has 1 aromatic heterocycles. The molecular formula is C25H25N3O5. The highest BCUT2D eigenvalue weighted by Gasteiger charge is 2.16. The van der Waals surface area contributed by atoms with Gasteiger partial charge in [-0.3, -0.25) is 9.69 Å². The van der Waals surface area contributed by atoms with Crippen molar-refractivity contribution in [2.24, 2.45) is 5.73 Å². The summed E-state index contributed by atoms with van der Waals surface area (Å²) < 4.78 is 0. The van der Waals surface area contributed by atoms with Gasteiger partial charge in [0.25, 0.3) is 0 Å². The summed E-state index contributed by atoms with van der Waals surface area (Å²) in [4.78, 5) is 36.3. The Hall–Kier alpha value is -4.17. The molecule has 170 valence electrons. The van der Waals surface area contributed by atoms with Crippen LogP contribution in [0.1, 0.15) is 27.9 Å². The van der Waals surface area contributed by atoms with Crippen LogP contribution in [0.2, 0.25) is 0 Å². The highest BCUT2D eigenvalue weighted by Crippen LogP contribution is 2.30. The first-order valence-electron chi connectivity index (χ1n) is 10.3. The number of nitrogens with two attached hydrogens (primary N) is 1. The van der Waals surface area contributed by atoms with Crippen molar-refractivity contribution < 1.29 is 24.6 Å². The molecule has 8 heteroatoms. The number of hydrogen-bond donors (Lipinski definition) is 4. The normalized spacial score (nSPS) is 13.9. The van der Waals surface area contributed by atoms with E-state index in [1.165, 1.54) is 16.7 Å². The van der Waals surface area contributed by atoms with Crippen molar-refractivity contribution in [3.8, 4) is 0 Å². The fourth-order valence-corrected chi connectivity index (χ4v) is 3.62. The van der Waals surface area contributed by atoms with E-state index >= 15 is 0 Å². The first kappa shape index (κ1) is 23.5. The van der Waals surface area contributed by atoms with Crippen LogP contribution >= 0.6 is 0 Å². The highest BCUT2D eigenvalue weighted by molar-refractivity contribution is 6.00. The molecule has 0 spiro atoms. The molecular weight excluding hydrogens is 422 g/mol. The van der Waals surface area contributed by atoms with Crippen molar-refractivity contribution in [1.29, 1.82) is 0 Å². The zero-order chi connectivity index (χ0) is 23.8. The lowest BCUT2D eigenvalue weighted by Crippen LogP contribution is -2.27. The number of benzene rings is 2. The number of H-pyrrole nitrogens is 1. The molecule has 0 aliphatic carbocycles. The summed E-state index contributed by atoms with van der Waals surface area (Å²) in [5, 5.41) is 16.7. The molecule has 4 rings (SSSR count). The van der Waals surface area contributed by atoms with E-state index in [1.807, 2.05) is 18.3 Å². The van der Waals surface area contributed by atoms with Crippen molar-refractivity contribution in [2.45, 2.75) is 13.0 Å². The molecule has 1 amide bonds. The molecule has 8 nitrogen and oxygen atoms in total. The number of carbonyl (C=O) groups excluding carboxylic acids is 1. The minimum absolute atomic E-state index is 0.388. The number of hydrogen-bond acceptors (Lipinski definition) is 4. The molecule has 0 saturated heterocycles. The fourth-order valence-electron chi connectivity index (χ4n) is 3.62. The Balaban J connectivity index is 0.000000331. The molecule has 2 aromatic carbocycles. The first-order chi connectivity index (χ1) is 15.8. The van der Waals surface area contributed by atoms with E-state index in [-0.39, 0.29) is 5.91 Å². The zero-order valence-corrected chi connectivity index (χ0v) is 17.9. The largest absolute Gasteiger partial charge is 0.478 e. The summed E-state index contributed by atoms with van der Waals surface area (Å²) in [6, 6.07) is 16.1. The second-order valence-electron chi connectivity index (χ2n) is 7.54. The van der Waals surface area contributed by atoms with E-state index in [9.17, 15) is 14.4 Å². The first-order valence-corrected chi connectivity index (χ1v) is 10.3. The number of carboxylic acids is 2. The van der Waals surface area contributed by atoms with Crippen LogP contribution < -0.4 is 5.73 Å². The number of amides is 1. The number of carboxylic acid groups (broad SMARTS) is 2. The van der Waals surface area contributed by atoms with Crippen LogP contribution in [0.4, 0.5) is 0 Å². The second kappa shape index (κ2) is 10.9. The minimum atomic E-state index is -1.26. The molecule has 3 aromatic rings. The van der Waals surface area contributed by atoms with Crippen LogP contribution in [0.15, 0.2) is 73.0 Å². The standard InChI is InChI=1S/C21H21N3O.C4H4O4/c22-21(25)17-6-7-20-18(12-17)19(13-23-20)16-8-10-24(11-9-16)14-15-4-2-1-3-5-15;5-3(6)1-2-4(7)8/h1-8,12-13,23H,9-11,14H2,(H2,22,25);1-2H,(H,5,6)(H,7,8). The van der Waals surface area contributed by atoms with Crippen molar-refractivity contribution in [3.63, 3.8) is 0 Å². The summed E-state index contributed by atoms with van der Waals surface area (Å²) >= 11 is 0. The molecule has 0 saturated carbocycles. The quantitative estimate of drug-likeness (QED) is 0.428. The van der Waals surface area contributed by atoms with Gasteiger partial charge in [0.2, 0.25) is 5.91 Å². The lowest BCUT2D eigenvalue weighted by Gasteiger charge is -2.26. The number of nitrogens with zero attached hydrogens (tertiary/aromatic N) is 1. The molecule has 5 N–H and O–H groups in total. The predicted octanol–water partition coefficient (Wildman–Crippen LogP) is 3.27.